The third-order valence-electron chi connectivity index (χ3n) is 4.95. The fraction of sp³-hybridized carbons (Fsp3) is 0.650. The van der Waals surface area contributed by atoms with Gasteiger partial charge in [0.2, 0.25) is 0 Å². The maximum absolute atomic E-state index is 12.0. The lowest BCUT2D eigenvalue weighted by molar-refractivity contribution is -0.118. The monoisotopic (exact) mass is 350 g/mol. The standard InChI is InChI=1S/C20H34O3Si/c1-8-9-10-18(21)14-17-12-11-16(13-19(17)22-5)15-23-24(6,7)20(2,3)4/h11-13H,8-10,14-15H2,1-7H3. The molecule has 0 aliphatic heterocycles. The molecule has 3 nitrogen and oxygen atoms in total. The number of carbonyl (C=O) groups is 1. The Labute approximate surface area is 148 Å². The summed E-state index contributed by atoms with van der Waals surface area (Å²) in [7, 11) is -0.104. The zero-order valence-corrected chi connectivity index (χ0v) is 17.5. The van der Waals surface area contributed by atoms with E-state index in [1.165, 1.54) is 0 Å². The molecule has 0 N–H and O–H groups in total. The first kappa shape index (κ1) is 20.9. The fourth-order valence-electron chi connectivity index (χ4n) is 2.18. The van der Waals surface area contributed by atoms with Crippen LogP contribution in [0.3, 0.4) is 0 Å². The third-order valence-corrected chi connectivity index (χ3v) is 9.43. The predicted octanol–water partition coefficient (Wildman–Crippen LogP) is 5.52. The van der Waals surface area contributed by atoms with Gasteiger partial charge in [0.05, 0.1) is 13.7 Å². The van der Waals surface area contributed by atoms with Gasteiger partial charge in [0.15, 0.2) is 8.32 Å². The molecule has 1 aromatic carbocycles. The van der Waals surface area contributed by atoms with Crippen molar-refractivity contribution in [2.75, 3.05) is 7.11 Å². The van der Waals surface area contributed by atoms with Crippen molar-refractivity contribution < 1.29 is 14.0 Å². The number of hydrogen-bond donors (Lipinski definition) is 0. The highest BCUT2D eigenvalue weighted by Crippen LogP contribution is 2.37. The topological polar surface area (TPSA) is 35.5 Å². The van der Waals surface area contributed by atoms with Crippen LogP contribution in [0.1, 0.15) is 58.1 Å². The molecule has 4 heteroatoms. The maximum Gasteiger partial charge on any atom is 0.192 e. The molecule has 0 amide bonds. The molecule has 0 heterocycles. The Morgan fingerprint density at radius 2 is 1.88 bits per heavy atom. The molecule has 0 aliphatic carbocycles. The summed E-state index contributed by atoms with van der Waals surface area (Å²) in [4.78, 5) is 12.0. The Balaban J connectivity index is 2.78. The average molecular weight is 351 g/mol. The second kappa shape index (κ2) is 8.81. The molecule has 0 saturated carbocycles. The zero-order chi connectivity index (χ0) is 18.4. The Hall–Kier alpha value is -1.13. The van der Waals surface area contributed by atoms with E-state index in [0.29, 0.717) is 19.4 Å². The summed E-state index contributed by atoms with van der Waals surface area (Å²) in [5, 5.41) is 0.197. The van der Waals surface area contributed by atoms with Crippen molar-refractivity contribution in [2.24, 2.45) is 0 Å². The van der Waals surface area contributed by atoms with Crippen molar-refractivity contribution in [3.8, 4) is 5.75 Å². The van der Waals surface area contributed by atoms with Crippen LogP contribution in [0.25, 0.3) is 0 Å². The number of Topliss-reactive ketones (excluding diaryl/α,β-unsaturated/α-hetero) is 1. The first-order valence-corrected chi connectivity index (χ1v) is 11.8. The Kier molecular flexibility index (Phi) is 7.68. The summed E-state index contributed by atoms with van der Waals surface area (Å²) in [6.07, 6.45) is 3.11. The molecule has 0 aromatic heterocycles. The fourth-order valence-corrected chi connectivity index (χ4v) is 3.14. The SMILES string of the molecule is CCCCC(=O)Cc1ccc(CO[Si](C)(C)C(C)(C)C)cc1OC. The molecule has 0 unspecified atom stereocenters. The minimum atomic E-state index is -1.76. The quantitative estimate of drug-likeness (QED) is 0.550. The van der Waals surface area contributed by atoms with E-state index in [9.17, 15) is 4.79 Å². The van der Waals surface area contributed by atoms with Gasteiger partial charge in [-0.2, -0.15) is 0 Å². The number of rotatable bonds is 9. The first-order chi connectivity index (χ1) is 11.1. The van der Waals surface area contributed by atoms with Crippen LogP contribution in [0.4, 0.5) is 0 Å². The molecule has 1 aromatic rings. The Morgan fingerprint density at radius 1 is 1.21 bits per heavy atom. The van der Waals surface area contributed by atoms with E-state index in [2.05, 4.69) is 46.9 Å². The lowest BCUT2D eigenvalue weighted by Crippen LogP contribution is -2.40. The smallest absolute Gasteiger partial charge is 0.192 e. The van der Waals surface area contributed by atoms with Crippen LogP contribution >= 0.6 is 0 Å². The van der Waals surface area contributed by atoms with Crippen molar-refractivity contribution in [2.45, 2.75) is 78.1 Å². The predicted molar refractivity (Wildman–Crippen MR) is 103 cm³/mol. The molecule has 0 aliphatic rings. The minimum Gasteiger partial charge on any atom is -0.496 e. The van der Waals surface area contributed by atoms with E-state index in [-0.39, 0.29) is 10.8 Å². The van der Waals surface area contributed by atoms with Gasteiger partial charge in [0, 0.05) is 18.4 Å². The number of benzene rings is 1. The van der Waals surface area contributed by atoms with Crippen LogP contribution in [-0.4, -0.2) is 21.2 Å². The molecule has 136 valence electrons. The molecule has 0 spiro atoms. The second-order valence-corrected chi connectivity index (χ2v) is 12.8. The van der Waals surface area contributed by atoms with E-state index in [1.807, 2.05) is 12.1 Å². The zero-order valence-electron chi connectivity index (χ0n) is 16.5. The summed E-state index contributed by atoms with van der Waals surface area (Å²) in [6, 6.07) is 6.07. The summed E-state index contributed by atoms with van der Waals surface area (Å²) in [6.45, 7) is 13.9. The van der Waals surface area contributed by atoms with Gasteiger partial charge in [-0.25, -0.2) is 0 Å². The third kappa shape index (κ3) is 6.06. The van der Waals surface area contributed by atoms with Crippen molar-refractivity contribution in [3.05, 3.63) is 29.3 Å². The van der Waals surface area contributed by atoms with Gasteiger partial charge < -0.3 is 9.16 Å². The number of carbonyl (C=O) groups excluding carboxylic acids is 1. The van der Waals surface area contributed by atoms with Crippen molar-refractivity contribution >= 4 is 14.1 Å². The van der Waals surface area contributed by atoms with Crippen LogP contribution in [0.2, 0.25) is 18.1 Å². The molecule has 1 rings (SSSR count). The summed E-state index contributed by atoms with van der Waals surface area (Å²) in [5.74, 6) is 1.07. The minimum absolute atomic E-state index is 0.197. The normalized spacial score (nSPS) is 12.3. The summed E-state index contributed by atoms with van der Waals surface area (Å²) >= 11 is 0. The highest BCUT2D eigenvalue weighted by molar-refractivity contribution is 6.74. The Morgan fingerprint density at radius 3 is 2.42 bits per heavy atom. The highest BCUT2D eigenvalue weighted by Gasteiger charge is 2.37. The van der Waals surface area contributed by atoms with Crippen LogP contribution in [0, 0.1) is 0 Å². The van der Waals surface area contributed by atoms with Gasteiger partial charge >= 0.3 is 0 Å². The number of methoxy groups -OCH3 is 1. The molecule has 0 bridgehead atoms. The second-order valence-electron chi connectivity index (χ2n) is 8.01. The van der Waals surface area contributed by atoms with E-state index in [1.54, 1.807) is 7.11 Å². The Bertz CT molecular complexity index is 544. The summed E-state index contributed by atoms with van der Waals surface area (Å²) in [5.41, 5.74) is 2.07. The van der Waals surface area contributed by atoms with Gasteiger partial charge in [-0.05, 0) is 36.2 Å². The van der Waals surface area contributed by atoms with E-state index < -0.39 is 8.32 Å². The molecule has 24 heavy (non-hydrogen) atoms. The summed E-state index contributed by atoms with van der Waals surface area (Å²) < 4.78 is 11.8. The van der Waals surface area contributed by atoms with Crippen LogP contribution in [-0.2, 0) is 22.2 Å². The van der Waals surface area contributed by atoms with Gasteiger partial charge in [0.25, 0.3) is 0 Å². The lowest BCUT2D eigenvalue weighted by Gasteiger charge is -2.36. The van der Waals surface area contributed by atoms with Gasteiger partial charge in [-0.3, -0.25) is 4.79 Å². The number of hydrogen-bond acceptors (Lipinski definition) is 3. The van der Waals surface area contributed by atoms with Crippen LogP contribution < -0.4 is 4.74 Å². The van der Waals surface area contributed by atoms with Crippen molar-refractivity contribution in [1.82, 2.24) is 0 Å². The van der Waals surface area contributed by atoms with E-state index in [0.717, 1.165) is 29.7 Å². The highest BCUT2D eigenvalue weighted by atomic mass is 28.4. The van der Waals surface area contributed by atoms with Crippen LogP contribution in [0.15, 0.2) is 18.2 Å². The van der Waals surface area contributed by atoms with E-state index >= 15 is 0 Å². The molecular formula is C20H34O3Si. The number of ketones is 1. The largest absolute Gasteiger partial charge is 0.496 e. The molecular weight excluding hydrogens is 316 g/mol. The lowest BCUT2D eigenvalue weighted by atomic mass is 10.0. The average Bonchev–Trinajstić information content (AvgIpc) is 2.50. The maximum atomic E-state index is 12.0. The van der Waals surface area contributed by atoms with Crippen LogP contribution in [0.5, 0.6) is 5.75 Å². The molecule has 0 radical (unpaired) electrons. The first-order valence-electron chi connectivity index (χ1n) is 8.92. The molecule has 0 fully saturated rings. The number of unbranched alkanes of at least 4 members (excludes halogenated alkanes) is 1. The van der Waals surface area contributed by atoms with Crippen molar-refractivity contribution in [1.29, 1.82) is 0 Å². The van der Waals surface area contributed by atoms with Gasteiger partial charge in [0.1, 0.15) is 11.5 Å². The van der Waals surface area contributed by atoms with E-state index in [4.69, 9.17) is 9.16 Å². The molecule has 0 atom stereocenters. The molecule has 0 saturated heterocycles. The van der Waals surface area contributed by atoms with Crippen molar-refractivity contribution in [3.63, 3.8) is 0 Å². The number of ether oxygens (including phenoxy) is 1. The van der Waals surface area contributed by atoms with Gasteiger partial charge in [-0.15, -0.1) is 0 Å². The van der Waals surface area contributed by atoms with Gasteiger partial charge in [-0.1, -0.05) is 46.2 Å².